The molecule has 158 valence electrons. The fraction of sp³-hybridized carbons (Fsp3) is 0.286. The predicted molar refractivity (Wildman–Crippen MR) is 118 cm³/mol. The van der Waals surface area contributed by atoms with E-state index in [1.165, 1.54) is 23.9 Å². The van der Waals surface area contributed by atoms with Crippen molar-refractivity contribution in [1.82, 2.24) is 14.8 Å². The van der Waals surface area contributed by atoms with Gasteiger partial charge in [0, 0.05) is 11.6 Å². The molecule has 0 unspecified atom stereocenters. The number of rotatable bonds is 7. The molecular weight excluding hydrogens is 427 g/mol. The Morgan fingerprint density at radius 2 is 1.87 bits per heavy atom. The van der Waals surface area contributed by atoms with E-state index >= 15 is 0 Å². The largest absolute Gasteiger partial charge is 0.497 e. The first-order valence-corrected chi connectivity index (χ1v) is 10.6. The van der Waals surface area contributed by atoms with Crippen molar-refractivity contribution >= 4 is 35.0 Å². The Morgan fingerprint density at radius 1 is 1.17 bits per heavy atom. The van der Waals surface area contributed by atoms with Crippen LogP contribution in [0.15, 0.2) is 47.6 Å². The Hall–Kier alpha value is -2.58. The van der Waals surface area contributed by atoms with Crippen LogP contribution in [0.2, 0.25) is 5.02 Å². The van der Waals surface area contributed by atoms with Gasteiger partial charge < -0.3 is 10.1 Å². The maximum Gasteiger partial charge on any atom is 0.237 e. The third-order valence-electron chi connectivity index (χ3n) is 4.37. The van der Waals surface area contributed by atoms with Crippen molar-refractivity contribution in [2.75, 3.05) is 12.4 Å². The molecule has 1 heterocycles. The third-order valence-corrected chi connectivity index (χ3v) is 5.74. The number of halogens is 2. The summed E-state index contributed by atoms with van der Waals surface area (Å²) in [5.74, 6) is 0.743. The number of methoxy groups -OCH3 is 1. The highest BCUT2D eigenvalue weighted by molar-refractivity contribution is 8.00. The van der Waals surface area contributed by atoms with Gasteiger partial charge in [0.15, 0.2) is 11.0 Å². The van der Waals surface area contributed by atoms with E-state index in [2.05, 4.69) is 15.5 Å². The maximum atomic E-state index is 13.2. The van der Waals surface area contributed by atoms with Crippen LogP contribution in [0.5, 0.6) is 5.75 Å². The molecule has 2 aromatic carbocycles. The van der Waals surface area contributed by atoms with Crippen molar-refractivity contribution < 1.29 is 13.9 Å². The van der Waals surface area contributed by atoms with Crippen molar-refractivity contribution in [1.29, 1.82) is 0 Å². The van der Waals surface area contributed by atoms with Gasteiger partial charge in [0.1, 0.15) is 11.6 Å². The van der Waals surface area contributed by atoms with Crippen LogP contribution in [0.4, 0.5) is 10.1 Å². The Labute approximate surface area is 183 Å². The van der Waals surface area contributed by atoms with E-state index in [-0.39, 0.29) is 17.0 Å². The van der Waals surface area contributed by atoms with Crippen LogP contribution in [0.3, 0.4) is 0 Å². The quantitative estimate of drug-likeness (QED) is 0.487. The molecule has 0 aliphatic carbocycles. The van der Waals surface area contributed by atoms with Gasteiger partial charge in [0.25, 0.3) is 0 Å². The summed E-state index contributed by atoms with van der Waals surface area (Å²) in [6.07, 6.45) is 0. The second kappa shape index (κ2) is 9.49. The van der Waals surface area contributed by atoms with Gasteiger partial charge in [-0.3, -0.25) is 9.36 Å². The van der Waals surface area contributed by atoms with Crippen molar-refractivity contribution in [3.8, 4) is 17.1 Å². The lowest BCUT2D eigenvalue weighted by molar-refractivity contribution is -0.115. The molecule has 0 saturated carbocycles. The summed E-state index contributed by atoms with van der Waals surface area (Å²) >= 11 is 7.29. The summed E-state index contributed by atoms with van der Waals surface area (Å²) < 4.78 is 20.4. The summed E-state index contributed by atoms with van der Waals surface area (Å²) in [6.45, 7) is 5.83. The number of nitrogens with one attached hydrogen (secondary N) is 1. The van der Waals surface area contributed by atoms with Gasteiger partial charge in [-0.25, -0.2) is 4.39 Å². The summed E-state index contributed by atoms with van der Waals surface area (Å²) in [6, 6.07) is 11.5. The molecule has 1 aromatic heterocycles. The zero-order chi connectivity index (χ0) is 21.8. The topological polar surface area (TPSA) is 69.0 Å². The molecule has 0 radical (unpaired) electrons. The summed E-state index contributed by atoms with van der Waals surface area (Å²) in [7, 11) is 1.62. The maximum absolute atomic E-state index is 13.2. The minimum Gasteiger partial charge on any atom is -0.497 e. The van der Waals surface area contributed by atoms with Crippen molar-refractivity contribution in [2.45, 2.75) is 37.2 Å². The number of anilines is 1. The lowest BCUT2D eigenvalue weighted by Crippen LogP contribution is -2.23. The van der Waals surface area contributed by atoms with E-state index in [4.69, 9.17) is 16.3 Å². The number of ether oxygens (including phenoxy) is 1. The average molecular weight is 449 g/mol. The number of carbonyl (C=O) groups is 1. The van der Waals surface area contributed by atoms with Crippen LogP contribution in [0.25, 0.3) is 11.4 Å². The van der Waals surface area contributed by atoms with Gasteiger partial charge in [-0.2, -0.15) is 0 Å². The molecule has 1 amide bonds. The predicted octanol–water partition coefficient (Wildman–Crippen LogP) is 5.45. The molecule has 0 bridgehead atoms. The van der Waals surface area contributed by atoms with E-state index in [0.717, 1.165) is 17.4 Å². The van der Waals surface area contributed by atoms with Crippen LogP contribution in [0, 0.1) is 5.82 Å². The lowest BCUT2D eigenvalue weighted by Gasteiger charge is -2.16. The molecule has 0 fully saturated rings. The number of thioether (sulfide) groups is 1. The SMILES string of the molecule is COc1ccc(-c2nnc(S[C@H](C)C(=O)Nc3ccc(F)cc3Cl)n2C(C)C)cc1. The van der Waals surface area contributed by atoms with Crippen LogP contribution < -0.4 is 10.1 Å². The highest BCUT2D eigenvalue weighted by Gasteiger charge is 2.23. The molecule has 0 spiro atoms. The van der Waals surface area contributed by atoms with Gasteiger partial charge in [-0.05, 0) is 63.2 Å². The van der Waals surface area contributed by atoms with E-state index in [1.807, 2.05) is 42.7 Å². The Bertz CT molecular complexity index is 1040. The monoisotopic (exact) mass is 448 g/mol. The van der Waals surface area contributed by atoms with Gasteiger partial charge in [0.2, 0.25) is 5.91 Å². The Kier molecular flexibility index (Phi) is 6.99. The molecule has 6 nitrogen and oxygen atoms in total. The van der Waals surface area contributed by atoms with Crippen LogP contribution in [-0.4, -0.2) is 33.0 Å². The highest BCUT2D eigenvalue weighted by Crippen LogP contribution is 2.31. The first kappa shape index (κ1) is 22.1. The molecule has 1 N–H and O–H groups in total. The minimum absolute atomic E-state index is 0.0846. The number of benzene rings is 2. The first-order chi connectivity index (χ1) is 14.3. The number of nitrogens with zero attached hydrogens (tertiary/aromatic N) is 3. The molecule has 9 heteroatoms. The Balaban J connectivity index is 1.79. The highest BCUT2D eigenvalue weighted by atomic mass is 35.5. The number of amides is 1. The zero-order valence-electron chi connectivity index (χ0n) is 17.0. The average Bonchev–Trinajstić information content (AvgIpc) is 3.13. The van der Waals surface area contributed by atoms with Gasteiger partial charge in [-0.1, -0.05) is 23.4 Å². The zero-order valence-corrected chi connectivity index (χ0v) is 18.6. The molecule has 0 saturated heterocycles. The minimum atomic E-state index is -0.475. The molecule has 0 aliphatic rings. The lowest BCUT2D eigenvalue weighted by atomic mass is 10.2. The summed E-state index contributed by atoms with van der Waals surface area (Å²) in [4.78, 5) is 12.6. The molecule has 1 atom stereocenters. The van der Waals surface area contributed by atoms with Gasteiger partial charge in [0.05, 0.1) is 23.1 Å². The van der Waals surface area contributed by atoms with Crippen molar-refractivity contribution in [3.63, 3.8) is 0 Å². The fourth-order valence-corrected chi connectivity index (χ4v) is 3.99. The Morgan fingerprint density at radius 3 is 2.47 bits per heavy atom. The first-order valence-electron chi connectivity index (χ1n) is 9.32. The number of aromatic nitrogens is 3. The second-order valence-corrected chi connectivity index (χ2v) is 8.59. The molecule has 30 heavy (non-hydrogen) atoms. The smallest absolute Gasteiger partial charge is 0.237 e. The molecule has 0 aliphatic heterocycles. The summed E-state index contributed by atoms with van der Waals surface area (Å²) in [5, 5.41) is 11.7. The van der Waals surface area contributed by atoms with E-state index in [0.29, 0.717) is 16.7 Å². The van der Waals surface area contributed by atoms with Crippen LogP contribution in [-0.2, 0) is 4.79 Å². The van der Waals surface area contributed by atoms with Crippen LogP contribution >= 0.6 is 23.4 Å². The van der Waals surface area contributed by atoms with E-state index < -0.39 is 11.1 Å². The van der Waals surface area contributed by atoms with Gasteiger partial charge in [-0.15, -0.1) is 10.2 Å². The van der Waals surface area contributed by atoms with Crippen molar-refractivity contribution in [2.24, 2.45) is 0 Å². The van der Waals surface area contributed by atoms with E-state index in [1.54, 1.807) is 14.0 Å². The standard InChI is InChI=1S/C21H22ClFN4O2S/c1-12(2)27-19(14-5-8-16(29-4)9-6-14)25-26-21(27)30-13(3)20(28)24-18-10-7-15(23)11-17(18)22/h5-13H,1-4H3,(H,24,28)/t13-/m1/s1. The van der Waals surface area contributed by atoms with Crippen molar-refractivity contribution in [3.05, 3.63) is 53.3 Å². The van der Waals surface area contributed by atoms with E-state index in [9.17, 15) is 9.18 Å². The van der Waals surface area contributed by atoms with Gasteiger partial charge >= 0.3 is 0 Å². The molecule has 3 aromatic rings. The fourth-order valence-electron chi connectivity index (χ4n) is 2.80. The number of carbonyl (C=O) groups excluding carboxylic acids is 1. The summed E-state index contributed by atoms with van der Waals surface area (Å²) in [5.41, 5.74) is 1.26. The van der Waals surface area contributed by atoms with Crippen LogP contribution in [0.1, 0.15) is 26.8 Å². The number of hydrogen-bond donors (Lipinski definition) is 1. The molecule has 3 rings (SSSR count). The second-order valence-electron chi connectivity index (χ2n) is 6.87. The normalized spacial score (nSPS) is 12.1. The third kappa shape index (κ3) is 4.94. The molecular formula is C21H22ClFN4O2S. The number of hydrogen-bond acceptors (Lipinski definition) is 5.